The molecule has 0 bridgehead atoms. The monoisotopic (exact) mass is 325 g/mol. The Kier molecular flexibility index (Phi) is 4.34. The van der Waals surface area contributed by atoms with Crippen LogP contribution in [0.15, 0.2) is 29.1 Å². The van der Waals surface area contributed by atoms with Crippen molar-refractivity contribution in [3.8, 4) is 17.0 Å². The second kappa shape index (κ2) is 6.77. The zero-order chi connectivity index (χ0) is 16.4. The molecule has 1 N–H and O–H groups in total. The normalized spacial score (nSPS) is 16.7. The third-order valence-corrected chi connectivity index (χ3v) is 4.97. The molecule has 0 saturated carbocycles. The summed E-state index contributed by atoms with van der Waals surface area (Å²) in [5.41, 5.74) is 4.16. The average molecular weight is 325 g/mol. The van der Waals surface area contributed by atoms with Crippen LogP contribution in [0.25, 0.3) is 11.3 Å². The van der Waals surface area contributed by atoms with Gasteiger partial charge >= 0.3 is 0 Å². The minimum atomic E-state index is -0.129. The summed E-state index contributed by atoms with van der Waals surface area (Å²) in [6, 6.07) is 7.86. The first kappa shape index (κ1) is 15.4. The SMILES string of the molecule is O=c1cc2c(n[nH]1)-c1ccc(OCCCN3CCCC3)cc1CC2. The summed E-state index contributed by atoms with van der Waals surface area (Å²) in [4.78, 5) is 13.9. The first-order valence-corrected chi connectivity index (χ1v) is 8.87. The van der Waals surface area contributed by atoms with Crippen molar-refractivity contribution in [3.05, 3.63) is 45.7 Å². The Labute approximate surface area is 141 Å². The van der Waals surface area contributed by atoms with Gasteiger partial charge in [-0.3, -0.25) is 4.79 Å². The summed E-state index contributed by atoms with van der Waals surface area (Å²) in [7, 11) is 0. The fraction of sp³-hybridized carbons (Fsp3) is 0.474. The Morgan fingerprint density at radius 1 is 1.12 bits per heavy atom. The van der Waals surface area contributed by atoms with Gasteiger partial charge in [0.05, 0.1) is 12.3 Å². The molecule has 2 aromatic rings. The van der Waals surface area contributed by atoms with E-state index in [1.807, 2.05) is 6.07 Å². The summed E-state index contributed by atoms with van der Waals surface area (Å²) >= 11 is 0. The number of hydrogen-bond donors (Lipinski definition) is 1. The predicted molar refractivity (Wildman–Crippen MR) is 93.5 cm³/mol. The molecule has 0 spiro atoms. The number of nitrogens with one attached hydrogen (secondary N) is 1. The lowest BCUT2D eigenvalue weighted by atomic mass is 9.89. The maximum atomic E-state index is 11.4. The Morgan fingerprint density at radius 3 is 2.83 bits per heavy atom. The average Bonchev–Trinajstić information content (AvgIpc) is 3.11. The largest absolute Gasteiger partial charge is 0.494 e. The van der Waals surface area contributed by atoms with Crippen molar-refractivity contribution in [3.63, 3.8) is 0 Å². The molecule has 1 fully saturated rings. The molecule has 2 heterocycles. The van der Waals surface area contributed by atoms with Crippen LogP contribution in [0, 0.1) is 0 Å². The molecule has 5 heteroatoms. The van der Waals surface area contributed by atoms with E-state index in [1.165, 1.54) is 31.5 Å². The van der Waals surface area contributed by atoms with Gasteiger partial charge in [0.15, 0.2) is 0 Å². The molecule has 126 valence electrons. The van der Waals surface area contributed by atoms with E-state index in [9.17, 15) is 4.79 Å². The molecule has 0 radical (unpaired) electrons. The van der Waals surface area contributed by atoms with Crippen molar-refractivity contribution in [2.75, 3.05) is 26.2 Å². The summed E-state index contributed by atoms with van der Waals surface area (Å²) in [5.74, 6) is 0.933. The maximum Gasteiger partial charge on any atom is 0.264 e. The standard InChI is InChI=1S/C19H23N3O2/c23-18-13-15-5-4-14-12-16(6-7-17(14)19(15)21-20-18)24-11-3-10-22-8-1-2-9-22/h6-7,12-13H,1-5,8-11H2,(H,20,23). The second-order valence-electron chi connectivity index (χ2n) is 6.68. The van der Waals surface area contributed by atoms with E-state index in [1.54, 1.807) is 6.07 Å². The second-order valence-corrected chi connectivity index (χ2v) is 6.68. The third kappa shape index (κ3) is 3.22. The van der Waals surface area contributed by atoms with Crippen molar-refractivity contribution in [1.82, 2.24) is 15.1 Å². The lowest BCUT2D eigenvalue weighted by molar-refractivity contribution is 0.263. The van der Waals surface area contributed by atoms with Gasteiger partial charge < -0.3 is 9.64 Å². The van der Waals surface area contributed by atoms with Gasteiger partial charge in [0.25, 0.3) is 5.56 Å². The number of rotatable bonds is 5. The molecule has 1 aliphatic carbocycles. The summed E-state index contributed by atoms with van der Waals surface area (Å²) < 4.78 is 5.93. The third-order valence-electron chi connectivity index (χ3n) is 4.97. The number of hydrogen-bond acceptors (Lipinski definition) is 4. The lowest BCUT2D eigenvalue weighted by Crippen LogP contribution is -2.21. The van der Waals surface area contributed by atoms with Crippen LogP contribution in [-0.2, 0) is 12.8 Å². The number of aromatic nitrogens is 2. The van der Waals surface area contributed by atoms with Crippen molar-refractivity contribution >= 4 is 0 Å². The molecule has 0 unspecified atom stereocenters. The van der Waals surface area contributed by atoms with Crippen LogP contribution in [-0.4, -0.2) is 41.3 Å². The smallest absolute Gasteiger partial charge is 0.264 e. The van der Waals surface area contributed by atoms with E-state index in [4.69, 9.17) is 4.74 Å². The van der Waals surface area contributed by atoms with E-state index < -0.39 is 0 Å². The molecule has 1 aromatic heterocycles. The number of nitrogens with zero attached hydrogens (tertiary/aromatic N) is 2. The zero-order valence-electron chi connectivity index (χ0n) is 13.9. The summed E-state index contributed by atoms with van der Waals surface area (Å²) in [6.07, 6.45) is 5.54. The van der Waals surface area contributed by atoms with Gasteiger partial charge in [-0.2, -0.15) is 5.10 Å². The van der Waals surface area contributed by atoms with Crippen molar-refractivity contribution in [2.45, 2.75) is 32.1 Å². The fourth-order valence-electron chi connectivity index (χ4n) is 3.72. The zero-order valence-corrected chi connectivity index (χ0v) is 13.9. The van der Waals surface area contributed by atoms with E-state index in [0.29, 0.717) is 0 Å². The molecular formula is C19H23N3O2. The highest BCUT2D eigenvalue weighted by atomic mass is 16.5. The number of aromatic amines is 1. The minimum Gasteiger partial charge on any atom is -0.494 e. The van der Waals surface area contributed by atoms with E-state index >= 15 is 0 Å². The van der Waals surface area contributed by atoms with Gasteiger partial charge in [0.2, 0.25) is 0 Å². The van der Waals surface area contributed by atoms with Crippen molar-refractivity contribution in [2.24, 2.45) is 0 Å². The van der Waals surface area contributed by atoms with Crippen LogP contribution in [0.2, 0.25) is 0 Å². The highest BCUT2D eigenvalue weighted by Crippen LogP contribution is 2.33. The van der Waals surface area contributed by atoms with E-state index in [2.05, 4.69) is 27.2 Å². The highest BCUT2D eigenvalue weighted by molar-refractivity contribution is 5.69. The number of fused-ring (bicyclic) bond motifs is 3. The number of H-pyrrole nitrogens is 1. The van der Waals surface area contributed by atoms with Crippen molar-refractivity contribution < 1.29 is 4.74 Å². The fourth-order valence-corrected chi connectivity index (χ4v) is 3.72. The first-order valence-electron chi connectivity index (χ1n) is 8.87. The number of benzene rings is 1. The molecule has 0 atom stereocenters. The topological polar surface area (TPSA) is 58.2 Å². The van der Waals surface area contributed by atoms with Crippen LogP contribution in [0.4, 0.5) is 0 Å². The van der Waals surface area contributed by atoms with Gasteiger partial charge in [-0.15, -0.1) is 0 Å². The van der Waals surface area contributed by atoms with E-state index in [0.717, 1.165) is 55.0 Å². The van der Waals surface area contributed by atoms with Crippen LogP contribution < -0.4 is 10.3 Å². The Morgan fingerprint density at radius 2 is 1.96 bits per heavy atom. The van der Waals surface area contributed by atoms with E-state index in [-0.39, 0.29) is 5.56 Å². The molecule has 2 aliphatic rings. The van der Waals surface area contributed by atoms with Crippen LogP contribution in [0.5, 0.6) is 5.75 Å². The number of aryl methyl sites for hydroxylation is 2. The number of likely N-dealkylation sites (tertiary alicyclic amines) is 1. The van der Waals surface area contributed by atoms with Gasteiger partial charge in [-0.1, -0.05) is 0 Å². The van der Waals surface area contributed by atoms with Gasteiger partial charge in [0.1, 0.15) is 5.75 Å². The molecule has 1 aliphatic heterocycles. The quantitative estimate of drug-likeness (QED) is 0.858. The molecule has 1 aromatic carbocycles. The Balaban J connectivity index is 1.40. The first-order chi connectivity index (χ1) is 11.8. The molecular weight excluding hydrogens is 302 g/mol. The molecule has 0 amide bonds. The van der Waals surface area contributed by atoms with Gasteiger partial charge in [-0.05, 0) is 74.5 Å². The molecule has 4 rings (SSSR count). The minimum absolute atomic E-state index is 0.129. The van der Waals surface area contributed by atoms with Gasteiger partial charge in [-0.25, -0.2) is 5.10 Å². The Hall–Kier alpha value is -2.14. The molecule has 5 nitrogen and oxygen atoms in total. The molecule has 1 saturated heterocycles. The van der Waals surface area contributed by atoms with Crippen LogP contribution >= 0.6 is 0 Å². The summed E-state index contributed by atoms with van der Waals surface area (Å²) in [6.45, 7) is 4.38. The van der Waals surface area contributed by atoms with Crippen LogP contribution in [0.1, 0.15) is 30.4 Å². The predicted octanol–water partition coefficient (Wildman–Crippen LogP) is 2.40. The van der Waals surface area contributed by atoms with Gasteiger partial charge in [0, 0.05) is 18.2 Å². The number of ether oxygens (including phenoxy) is 1. The van der Waals surface area contributed by atoms with Crippen LogP contribution in [0.3, 0.4) is 0 Å². The maximum absolute atomic E-state index is 11.4. The highest BCUT2D eigenvalue weighted by Gasteiger charge is 2.18. The lowest BCUT2D eigenvalue weighted by Gasteiger charge is -2.19. The summed E-state index contributed by atoms with van der Waals surface area (Å²) in [5, 5.41) is 6.77. The molecule has 24 heavy (non-hydrogen) atoms. The van der Waals surface area contributed by atoms with Crippen molar-refractivity contribution in [1.29, 1.82) is 0 Å². The Bertz CT molecular complexity index is 778.